The lowest BCUT2D eigenvalue weighted by Crippen LogP contribution is -2.64. The minimum absolute atomic E-state index is 0.185. The van der Waals surface area contributed by atoms with E-state index in [0.29, 0.717) is 0 Å². The molecule has 0 bridgehead atoms. The molecule has 1 aliphatic rings. The van der Waals surface area contributed by atoms with Crippen molar-refractivity contribution < 1.29 is 35.1 Å². The summed E-state index contributed by atoms with van der Waals surface area (Å²) in [5.74, 6) is -0.589. The lowest BCUT2D eigenvalue weighted by atomic mass is 9.97. The molecule has 4 unspecified atom stereocenters. The zero-order valence-electron chi connectivity index (χ0n) is 9.06. The molecule has 0 aromatic heterocycles. The van der Waals surface area contributed by atoms with Crippen molar-refractivity contribution in [2.45, 2.75) is 37.1 Å². The Morgan fingerprint density at radius 3 is 2.35 bits per heavy atom. The molecular formula is C9H17NO7. The van der Waals surface area contributed by atoms with Gasteiger partial charge in [0.1, 0.15) is 24.4 Å². The second-order valence-corrected chi connectivity index (χ2v) is 3.80. The molecule has 0 aliphatic carbocycles. The van der Waals surface area contributed by atoms with E-state index in [0.717, 1.165) is 0 Å². The normalized spacial score (nSPS) is 37.8. The van der Waals surface area contributed by atoms with Crippen LogP contribution in [0.3, 0.4) is 0 Å². The molecule has 0 spiro atoms. The van der Waals surface area contributed by atoms with Crippen molar-refractivity contribution in [1.29, 1.82) is 0 Å². The van der Waals surface area contributed by atoms with E-state index in [9.17, 15) is 20.1 Å². The zero-order chi connectivity index (χ0) is 13.0. The van der Waals surface area contributed by atoms with Crippen LogP contribution in [-0.2, 0) is 9.53 Å². The minimum Gasteiger partial charge on any atom is -0.396 e. The van der Waals surface area contributed by atoms with Crippen LogP contribution < -0.4 is 5.32 Å². The van der Waals surface area contributed by atoms with Crippen molar-refractivity contribution in [3.8, 4) is 0 Å². The maximum atomic E-state index is 11.2. The highest BCUT2D eigenvalue weighted by molar-refractivity contribution is 5.76. The van der Waals surface area contributed by atoms with Gasteiger partial charge in [0.2, 0.25) is 5.91 Å². The highest BCUT2D eigenvalue weighted by Crippen LogP contribution is 2.19. The minimum atomic E-state index is -1.53. The summed E-state index contributed by atoms with van der Waals surface area (Å²) in [7, 11) is 0. The number of carbonyl (C=O) groups excluding carboxylic acids is 1. The SMILES string of the molecule is O=C(CCO)NC1C(O)OC(CO)C(O)[C@@H]1O. The van der Waals surface area contributed by atoms with Crippen LogP contribution >= 0.6 is 0 Å². The molecule has 8 heteroatoms. The Hall–Kier alpha value is -0.770. The fourth-order valence-corrected chi connectivity index (χ4v) is 1.61. The Morgan fingerprint density at radius 1 is 1.18 bits per heavy atom. The molecule has 1 fully saturated rings. The Morgan fingerprint density at radius 2 is 1.82 bits per heavy atom. The molecule has 100 valence electrons. The molecule has 5 atom stereocenters. The van der Waals surface area contributed by atoms with Gasteiger partial charge in [-0.2, -0.15) is 0 Å². The number of ether oxygens (including phenoxy) is 1. The summed E-state index contributed by atoms with van der Waals surface area (Å²) < 4.78 is 4.83. The smallest absolute Gasteiger partial charge is 0.222 e. The van der Waals surface area contributed by atoms with Crippen molar-refractivity contribution in [3.63, 3.8) is 0 Å². The van der Waals surface area contributed by atoms with Gasteiger partial charge in [-0.25, -0.2) is 0 Å². The Labute approximate surface area is 97.4 Å². The first kappa shape index (κ1) is 14.3. The summed E-state index contributed by atoms with van der Waals surface area (Å²) >= 11 is 0. The molecule has 0 saturated carbocycles. The first-order valence-electron chi connectivity index (χ1n) is 5.22. The predicted octanol–water partition coefficient (Wildman–Crippen LogP) is -3.72. The number of rotatable bonds is 4. The van der Waals surface area contributed by atoms with Gasteiger partial charge in [0, 0.05) is 6.42 Å². The van der Waals surface area contributed by atoms with Crippen LogP contribution in [-0.4, -0.2) is 75.3 Å². The molecule has 1 heterocycles. The number of amides is 1. The van der Waals surface area contributed by atoms with Crippen LogP contribution in [0.15, 0.2) is 0 Å². The topological polar surface area (TPSA) is 139 Å². The quantitative estimate of drug-likeness (QED) is 0.302. The predicted molar refractivity (Wildman–Crippen MR) is 53.6 cm³/mol. The van der Waals surface area contributed by atoms with Crippen LogP contribution in [0.4, 0.5) is 0 Å². The van der Waals surface area contributed by atoms with Crippen LogP contribution in [0.25, 0.3) is 0 Å². The molecule has 1 saturated heterocycles. The zero-order valence-corrected chi connectivity index (χ0v) is 9.06. The molecule has 17 heavy (non-hydrogen) atoms. The van der Waals surface area contributed by atoms with Gasteiger partial charge < -0.3 is 35.6 Å². The number of aliphatic hydroxyl groups excluding tert-OH is 5. The molecule has 0 aromatic rings. The van der Waals surface area contributed by atoms with Crippen LogP contribution in [0.2, 0.25) is 0 Å². The average Bonchev–Trinajstić information content (AvgIpc) is 2.29. The second kappa shape index (κ2) is 6.24. The largest absolute Gasteiger partial charge is 0.396 e. The van der Waals surface area contributed by atoms with Crippen molar-refractivity contribution in [1.82, 2.24) is 5.32 Å². The van der Waals surface area contributed by atoms with Gasteiger partial charge in [0.25, 0.3) is 0 Å². The van der Waals surface area contributed by atoms with Crippen molar-refractivity contribution in [2.75, 3.05) is 13.2 Å². The highest BCUT2D eigenvalue weighted by atomic mass is 16.6. The van der Waals surface area contributed by atoms with E-state index in [2.05, 4.69) is 5.32 Å². The second-order valence-electron chi connectivity index (χ2n) is 3.80. The van der Waals surface area contributed by atoms with Gasteiger partial charge >= 0.3 is 0 Å². The molecule has 1 aliphatic heterocycles. The molecule has 0 aromatic carbocycles. The fraction of sp³-hybridized carbons (Fsp3) is 0.889. The van der Waals surface area contributed by atoms with Gasteiger partial charge in [-0.1, -0.05) is 0 Å². The van der Waals surface area contributed by atoms with E-state index < -0.39 is 43.2 Å². The first-order chi connectivity index (χ1) is 8.01. The molecule has 6 N–H and O–H groups in total. The van der Waals surface area contributed by atoms with E-state index in [-0.39, 0.29) is 13.0 Å². The van der Waals surface area contributed by atoms with E-state index in [1.165, 1.54) is 0 Å². The van der Waals surface area contributed by atoms with Gasteiger partial charge in [-0.3, -0.25) is 4.79 Å². The molecule has 0 radical (unpaired) electrons. The third kappa shape index (κ3) is 3.35. The lowest BCUT2D eigenvalue weighted by Gasteiger charge is -2.40. The summed E-state index contributed by atoms with van der Waals surface area (Å²) in [5, 5.41) is 48.2. The number of hydrogen-bond acceptors (Lipinski definition) is 7. The lowest BCUT2D eigenvalue weighted by molar-refractivity contribution is -0.253. The van der Waals surface area contributed by atoms with Crippen LogP contribution in [0.1, 0.15) is 6.42 Å². The third-order valence-corrected chi connectivity index (χ3v) is 2.57. The fourth-order valence-electron chi connectivity index (χ4n) is 1.61. The molecular weight excluding hydrogens is 234 g/mol. The standard InChI is InChI=1S/C9H17NO7/c11-2-1-5(13)10-6-8(15)7(14)4(3-12)17-9(6)16/h4,6-9,11-12,14-16H,1-3H2,(H,10,13)/t4?,6?,7?,8-,9?/m1/s1. The number of hydrogen-bond donors (Lipinski definition) is 6. The van der Waals surface area contributed by atoms with E-state index in [1.54, 1.807) is 0 Å². The average molecular weight is 251 g/mol. The summed E-state index contributed by atoms with van der Waals surface area (Å²) in [6.07, 6.45) is -5.70. The number of aliphatic hydroxyl groups is 5. The monoisotopic (exact) mass is 251 g/mol. The van der Waals surface area contributed by atoms with Crippen LogP contribution in [0, 0.1) is 0 Å². The van der Waals surface area contributed by atoms with E-state index in [1.807, 2.05) is 0 Å². The maximum absolute atomic E-state index is 11.2. The Balaban J connectivity index is 2.63. The summed E-state index contributed by atoms with van der Waals surface area (Å²) in [5.41, 5.74) is 0. The van der Waals surface area contributed by atoms with Crippen molar-refractivity contribution >= 4 is 5.91 Å². The molecule has 1 rings (SSSR count). The highest BCUT2D eigenvalue weighted by Gasteiger charge is 2.44. The van der Waals surface area contributed by atoms with Gasteiger partial charge in [0.15, 0.2) is 6.29 Å². The number of nitrogens with one attached hydrogen (secondary N) is 1. The van der Waals surface area contributed by atoms with Gasteiger partial charge in [-0.05, 0) is 0 Å². The van der Waals surface area contributed by atoms with Gasteiger partial charge in [0.05, 0.1) is 13.2 Å². The Bertz CT molecular complexity index is 262. The first-order valence-corrected chi connectivity index (χ1v) is 5.22. The van der Waals surface area contributed by atoms with Crippen LogP contribution in [0.5, 0.6) is 0 Å². The van der Waals surface area contributed by atoms with E-state index in [4.69, 9.17) is 14.9 Å². The van der Waals surface area contributed by atoms with Crippen molar-refractivity contribution in [3.05, 3.63) is 0 Å². The molecule has 8 nitrogen and oxygen atoms in total. The third-order valence-electron chi connectivity index (χ3n) is 2.57. The summed E-state index contributed by atoms with van der Waals surface area (Å²) in [6.45, 7) is -0.931. The van der Waals surface area contributed by atoms with E-state index >= 15 is 0 Å². The summed E-state index contributed by atoms with van der Waals surface area (Å²) in [6, 6.07) is -1.20. The maximum Gasteiger partial charge on any atom is 0.222 e. The van der Waals surface area contributed by atoms with Crippen molar-refractivity contribution in [2.24, 2.45) is 0 Å². The molecule has 1 amide bonds. The summed E-state index contributed by atoms with van der Waals surface area (Å²) in [4.78, 5) is 11.2. The Kier molecular flexibility index (Phi) is 5.25. The van der Waals surface area contributed by atoms with Gasteiger partial charge in [-0.15, -0.1) is 0 Å². The number of carbonyl (C=O) groups is 1.